The number of H-pyrrole nitrogens is 1. The van der Waals surface area contributed by atoms with Crippen LogP contribution in [0.25, 0.3) is 22.2 Å². The van der Waals surface area contributed by atoms with Gasteiger partial charge in [-0.25, -0.2) is 18.7 Å². The van der Waals surface area contributed by atoms with Crippen LogP contribution in [-0.4, -0.2) is 46.5 Å². The fourth-order valence-electron chi connectivity index (χ4n) is 4.83. The van der Waals surface area contributed by atoms with Crippen molar-refractivity contribution in [1.82, 2.24) is 20.3 Å². The summed E-state index contributed by atoms with van der Waals surface area (Å²) in [5, 5.41) is 12.0. The van der Waals surface area contributed by atoms with E-state index in [2.05, 4.69) is 34.0 Å². The van der Waals surface area contributed by atoms with E-state index in [4.69, 9.17) is 16.1 Å². The quantitative estimate of drug-likeness (QED) is 0.184. The van der Waals surface area contributed by atoms with Gasteiger partial charge in [-0.15, -0.1) is 0 Å². The Balaban J connectivity index is 1.45. The molecule has 5 N–H and O–H groups in total. The Bertz CT molecular complexity index is 1380. The van der Waals surface area contributed by atoms with Gasteiger partial charge in [0.1, 0.15) is 17.6 Å². The molecule has 0 bridgehead atoms. The molecule has 5 rings (SSSR count). The van der Waals surface area contributed by atoms with Crippen LogP contribution in [-0.2, 0) is 0 Å². The van der Waals surface area contributed by atoms with E-state index in [0.717, 1.165) is 47.8 Å². The first-order valence-corrected chi connectivity index (χ1v) is 11.8. The summed E-state index contributed by atoms with van der Waals surface area (Å²) < 4.78 is 28.3. The number of benzene rings is 1. The van der Waals surface area contributed by atoms with Crippen molar-refractivity contribution in [3.05, 3.63) is 72.2 Å². The number of hydrogen-bond donors (Lipinski definition) is 4. The maximum Gasteiger partial charge on any atom is 0.182 e. The molecule has 0 spiro atoms. The summed E-state index contributed by atoms with van der Waals surface area (Å²) >= 11 is 0. The first-order valence-electron chi connectivity index (χ1n) is 11.8. The molecule has 4 heterocycles. The fourth-order valence-corrected chi connectivity index (χ4v) is 4.83. The fraction of sp³-hybridized carbons (Fsp3) is 0.269. The van der Waals surface area contributed by atoms with Crippen LogP contribution in [0.1, 0.15) is 25.6 Å². The Morgan fingerprint density at radius 2 is 1.86 bits per heavy atom. The molecular weight excluding hydrogens is 462 g/mol. The largest absolute Gasteiger partial charge is 0.354 e. The average molecular weight is 491 g/mol. The second-order valence-corrected chi connectivity index (χ2v) is 9.20. The predicted molar refractivity (Wildman–Crippen MR) is 138 cm³/mol. The molecule has 1 aliphatic rings. The van der Waals surface area contributed by atoms with Gasteiger partial charge in [0.25, 0.3) is 0 Å². The van der Waals surface area contributed by atoms with Gasteiger partial charge in [0.05, 0.1) is 12.0 Å². The van der Waals surface area contributed by atoms with Gasteiger partial charge in [0.2, 0.25) is 0 Å². The molecule has 0 aliphatic carbocycles. The molecule has 1 fully saturated rings. The summed E-state index contributed by atoms with van der Waals surface area (Å²) in [4.78, 5) is 15.7. The zero-order valence-corrected chi connectivity index (χ0v) is 20.0. The average Bonchev–Trinajstić information content (AvgIpc) is 3.30. The second kappa shape index (κ2) is 9.63. The number of piperazine rings is 1. The molecule has 10 heteroatoms. The Morgan fingerprint density at radius 3 is 2.56 bits per heavy atom. The highest BCUT2D eigenvalue weighted by molar-refractivity contribution is 5.87. The Morgan fingerprint density at radius 1 is 1.11 bits per heavy atom. The van der Waals surface area contributed by atoms with Gasteiger partial charge < -0.3 is 25.8 Å². The van der Waals surface area contributed by atoms with E-state index in [1.54, 1.807) is 12.4 Å². The lowest BCUT2D eigenvalue weighted by molar-refractivity contribution is 0.405. The monoisotopic (exact) mass is 490 g/mol. The summed E-state index contributed by atoms with van der Waals surface area (Å²) in [5.74, 6) is -1.14. The van der Waals surface area contributed by atoms with Crippen molar-refractivity contribution in [2.75, 3.05) is 22.9 Å². The number of aromatic amines is 1. The number of pyridine rings is 2. The molecule has 0 radical (unpaired) electrons. The predicted octanol–water partition coefficient (Wildman–Crippen LogP) is 4.16. The van der Waals surface area contributed by atoms with Gasteiger partial charge >= 0.3 is 0 Å². The summed E-state index contributed by atoms with van der Waals surface area (Å²) in [5.41, 5.74) is 9.25. The molecule has 8 nitrogen and oxygen atoms in total. The summed E-state index contributed by atoms with van der Waals surface area (Å²) in [7, 11) is 0. The number of aromatic nitrogens is 3. The molecule has 1 aliphatic heterocycles. The highest BCUT2D eigenvalue weighted by Crippen LogP contribution is 2.32. The smallest absolute Gasteiger partial charge is 0.182 e. The van der Waals surface area contributed by atoms with Crippen molar-refractivity contribution >= 4 is 28.9 Å². The topological polar surface area (TPSA) is 110 Å². The first kappa shape index (κ1) is 23.8. The van der Waals surface area contributed by atoms with Gasteiger partial charge in [-0.05, 0) is 44.2 Å². The van der Waals surface area contributed by atoms with Crippen molar-refractivity contribution in [1.29, 1.82) is 5.41 Å². The maximum absolute atomic E-state index is 14.4. The maximum atomic E-state index is 14.4. The van der Waals surface area contributed by atoms with E-state index in [1.165, 1.54) is 17.0 Å². The summed E-state index contributed by atoms with van der Waals surface area (Å²) in [6.45, 7) is 6.12. The van der Waals surface area contributed by atoms with Crippen LogP contribution in [0.2, 0.25) is 0 Å². The molecule has 3 aromatic heterocycles. The number of nitrogens with one attached hydrogen (secondary N) is 3. The molecule has 36 heavy (non-hydrogen) atoms. The van der Waals surface area contributed by atoms with Crippen LogP contribution in [0.4, 0.5) is 20.3 Å². The standard InChI is InChI=1S/C26H28F2N8/c1-15-12-35(13-16(2)34-15)23-7-6-17(9-31-23)18-8-19-20(11-33-26(19)32-10-18)25(30)36(14-29)22-5-3-4-21(27)24(22)28/h3-11,14-16,25,29,34H,12-13,30H2,1-2H3,(H,32,33)/t15-,16+,25?. The minimum absolute atomic E-state index is 0.118. The normalized spacial score (nSPS) is 18.9. The van der Waals surface area contributed by atoms with Gasteiger partial charge in [-0.1, -0.05) is 6.07 Å². The summed E-state index contributed by atoms with van der Waals surface area (Å²) in [6, 6.07) is 10.5. The van der Waals surface area contributed by atoms with E-state index in [9.17, 15) is 8.78 Å². The van der Waals surface area contributed by atoms with Crippen molar-refractivity contribution in [2.24, 2.45) is 5.73 Å². The van der Waals surface area contributed by atoms with Crippen molar-refractivity contribution in [3.8, 4) is 11.1 Å². The zero-order chi connectivity index (χ0) is 25.4. The Hall–Kier alpha value is -3.89. The first-order chi connectivity index (χ1) is 17.4. The number of rotatable bonds is 6. The third-order valence-electron chi connectivity index (χ3n) is 6.49. The second-order valence-electron chi connectivity index (χ2n) is 9.20. The molecule has 1 aromatic carbocycles. The molecule has 186 valence electrons. The van der Waals surface area contributed by atoms with Crippen LogP contribution in [0.5, 0.6) is 0 Å². The molecule has 1 unspecified atom stereocenters. The van der Waals surface area contributed by atoms with Crippen LogP contribution in [0.15, 0.2) is 55.0 Å². The van der Waals surface area contributed by atoms with Crippen LogP contribution in [0, 0.1) is 17.0 Å². The zero-order valence-electron chi connectivity index (χ0n) is 20.0. The Labute approximate surface area is 207 Å². The number of fused-ring (bicyclic) bond motifs is 1. The van der Waals surface area contributed by atoms with Gasteiger partial charge in [0.15, 0.2) is 11.6 Å². The van der Waals surface area contributed by atoms with Crippen LogP contribution >= 0.6 is 0 Å². The number of nitrogens with two attached hydrogens (primary N) is 1. The lowest BCUT2D eigenvalue weighted by Gasteiger charge is -2.36. The molecule has 1 saturated heterocycles. The number of halogens is 2. The third-order valence-corrected chi connectivity index (χ3v) is 6.49. The minimum Gasteiger partial charge on any atom is -0.354 e. The van der Waals surface area contributed by atoms with E-state index in [0.29, 0.717) is 23.3 Å². The highest BCUT2D eigenvalue weighted by Gasteiger charge is 2.24. The molecular formula is C26H28F2N8. The molecule has 3 atom stereocenters. The van der Waals surface area contributed by atoms with Crippen molar-refractivity contribution in [2.45, 2.75) is 32.1 Å². The number of nitrogens with zero attached hydrogens (tertiary/aromatic N) is 4. The van der Waals surface area contributed by atoms with Gasteiger partial charge in [-0.3, -0.25) is 5.41 Å². The van der Waals surface area contributed by atoms with Gasteiger partial charge in [-0.2, -0.15) is 0 Å². The van der Waals surface area contributed by atoms with Crippen LogP contribution in [0.3, 0.4) is 0 Å². The Kier molecular flexibility index (Phi) is 6.38. The highest BCUT2D eigenvalue weighted by atomic mass is 19.2. The van der Waals surface area contributed by atoms with E-state index in [1.807, 2.05) is 24.4 Å². The molecule has 0 saturated carbocycles. The SMILES string of the molecule is C[C@@H]1CN(c2ccc(-c3cnc4[nH]cc(C(N)N(C=N)c5cccc(F)c5F)c4c3)cn2)C[C@H](C)N1. The van der Waals surface area contributed by atoms with Crippen molar-refractivity contribution in [3.63, 3.8) is 0 Å². The molecule has 0 amide bonds. The van der Waals surface area contributed by atoms with E-state index >= 15 is 0 Å². The van der Waals surface area contributed by atoms with Gasteiger partial charge in [0, 0.05) is 65.8 Å². The number of anilines is 2. The van der Waals surface area contributed by atoms with Crippen molar-refractivity contribution < 1.29 is 8.78 Å². The molecule has 4 aromatic rings. The number of hydrogen-bond acceptors (Lipinski definition) is 6. The lowest BCUT2D eigenvalue weighted by atomic mass is 10.1. The van der Waals surface area contributed by atoms with Crippen LogP contribution < -0.4 is 20.9 Å². The summed E-state index contributed by atoms with van der Waals surface area (Å²) in [6.07, 6.45) is 5.20. The third kappa shape index (κ3) is 4.40. The van der Waals surface area contributed by atoms with E-state index in [-0.39, 0.29) is 5.69 Å². The van der Waals surface area contributed by atoms with E-state index < -0.39 is 17.8 Å². The minimum atomic E-state index is -1.06. The lowest BCUT2D eigenvalue weighted by Crippen LogP contribution is -2.54.